The maximum atomic E-state index is 13.8. The molecule has 0 aliphatic carbocycles. The summed E-state index contributed by atoms with van der Waals surface area (Å²) in [5.41, 5.74) is 0.804. The molecule has 0 aromatic heterocycles. The summed E-state index contributed by atoms with van der Waals surface area (Å²) in [6, 6.07) is 10.0. The van der Waals surface area contributed by atoms with Gasteiger partial charge < -0.3 is 9.64 Å². The molecule has 2 heterocycles. The van der Waals surface area contributed by atoms with Gasteiger partial charge in [0.05, 0.1) is 29.1 Å². The predicted octanol–water partition coefficient (Wildman–Crippen LogP) is 3.34. The quantitative estimate of drug-likeness (QED) is 0.513. The summed E-state index contributed by atoms with van der Waals surface area (Å²) in [5, 5.41) is 11.9. The minimum atomic E-state index is -3.86. The Balaban J connectivity index is 1.74. The molecule has 0 radical (unpaired) electrons. The number of anilines is 1. The number of morpholine rings is 1. The fraction of sp³-hybridized carbons (Fsp3) is 0.429. The van der Waals surface area contributed by atoms with Gasteiger partial charge in [-0.25, -0.2) is 12.8 Å². The van der Waals surface area contributed by atoms with E-state index in [4.69, 9.17) is 4.74 Å². The first-order valence-corrected chi connectivity index (χ1v) is 11.6. The first-order chi connectivity index (χ1) is 14.8. The number of hydrogen-bond acceptors (Lipinski definition) is 6. The molecule has 4 rings (SSSR count). The lowest BCUT2D eigenvalue weighted by atomic mass is 9.95. The summed E-state index contributed by atoms with van der Waals surface area (Å²) in [6.45, 7) is 3.59. The van der Waals surface area contributed by atoms with E-state index in [0.717, 1.165) is 18.1 Å². The topological polar surface area (TPSA) is 93.0 Å². The van der Waals surface area contributed by atoms with E-state index in [1.54, 1.807) is 6.07 Å². The number of sulfonamides is 1. The highest BCUT2D eigenvalue weighted by atomic mass is 32.2. The Hall–Kier alpha value is -2.56. The highest BCUT2D eigenvalue weighted by Crippen LogP contribution is 2.44. The van der Waals surface area contributed by atoms with Crippen LogP contribution in [0.5, 0.6) is 0 Å². The van der Waals surface area contributed by atoms with Gasteiger partial charge in [0.1, 0.15) is 11.5 Å². The molecule has 166 valence electrons. The number of halogens is 1. The summed E-state index contributed by atoms with van der Waals surface area (Å²) in [6.07, 6.45) is 0.784. The summed E-state index contributed by atoms with van der Waals surface area (Å²) >= 11 is 0. The lowest BCUT2D eigenvalue weighted by Crippen LogP contribution is -2.40. The van der Waals surface area contributed by atoms with Gasteiger partial charge in [-0.05, 0) is 42.2 Å². The van der Waals surface area contributed by atoms with Crippen molar-refractivity contribution >= 4 is 21.4 Å². The molecule has 10 heteroatoms. The molecule has 0 N–H and O–H groups in total. The van der Waals surface area contributed by atoms with Gasteiger partial charge in [0.25, 0.3) is 5.69 Å². The van der Waals surface area contributed by atoms with Crippen molar-refractivity contribution in [1.82, 2.24) is 4.31 Å². The molecule has 0 saturated carbocycles. The zero-order chi connectivity index (χ0) is 22.2. The molecule has 2 aromatic rings. The van der Waals surface area contributed by atoms with Crippen LogP contribution < -0.4 is 4.90 Å². The molecule has 0 bridgehead atoms. The van der Waals surface area contributed by atoms with Crippen LogP contribution in [0.3, 0.4) is 0 Å². The van der Waals surface area contributed by atoms with Crippen LogP contribution in [0.4, 0.5) is 15.8 Å². The Labute approximate surface area is 180 Å². The molecule has 31 heavy (non-hydrogen) atoms. The Morgan fingerprint density at radius 2 is 1.87 bits per heavy atom. The van der Waals surface area contributed by atoms with Crippen LogP contribution in [0.2, 0.25) is 0 Å². The highest BCUT2D eigenvalue weighted by Gasteiger charge is 2.37. The minimum Gasteiger partial charge on any atom is -0.379 e. The minimum absolute atomic E-state index is 0.112. The second kappa shape index (κ2) is 8.52. The Kier molecular flexibility index (Phi) is 5.96. The molecule has 2 fully saturated rings. The average Bonchev–Trinajstić information content (AvgIpc) is 3.15. The lowest BCUT2D eigenvalue weighted by molar-refractivity contribution is -0.384. The maximum Gasteiger partial charge on any atom is 0.293 e. The number of nitro groups is 1. The molecule has 2 unspecified atom stereocenters. The third-order valence-corrected chi connectivity index (χ3v) is 7.85. The van der Waals surface area contributed by atoms with Crippen molar-refractivity contribution in [3.05, 3.63) is 64.0 Å². The number of rotatable bonds is 5. The average molecular weight is 450 g/mol. The summed E-state index contributed by atoms with van der Waals surface area (Å²) in [4.78, 5) is 13.1. The summed E-state index contributed by atoms with van der Waals surface area (Å²) < 4.78 is 46.2. The zero-order valence-electron chi connectivity index (χ0n) is 17.1. The van der Waals surface area contributed by atoms with E-state index in [2.05, 4.69) is 0 Å². The number of ether oxygens (including phenoxy) is 1. The van der Waals surface area contributed by atoms with Gasteiger partial charge in [-0.1, -0.05) is 19.1 Å². The van der Waals surface area contributed by atoms with E-state index >= 15 is 0 Å². The lowest BCUT2D eigenvalue weighted by Gasteiger charge is -2.30. The number of nitrogens with zero attached hydrogens (tertiary/aromatic N) is 3. The van der Waals surface area contributed by atoms with E-state index < -0.39 is 14.9 Å². The first kappa shape index (κ1) is 21.7. The molecule has 2 atom stereocenters. The molecule has 0 amide bonds. The molecular weight excluding hydrogens is 425 g/mol. The van der Waals surface area contributed by atoms with Crippen molar-refractivity contribution in [3.63, 3.8) is 0 Å². The van der Waals surface area contributed by atoms with Crippen LogP contribution in [0.15, 0.2) is 47.4 Å². The van der Waals surface area contributed by atoms with Crippen molar-refractivity contribution in [1.29, 1.82) is 0 Å². The van der Waals surface area contributed by atoms with Crippen molar-refractivity contribution in [2.24, 2.45) is 5.92 Å². The molecule has 2 aliphatic rings. The summed E-state index contributed by atoms with van der Waals surface area (Å²) in [7, 11) is -3.86. The molecule has 2 saturated heterocycles. The van der Waals surface area contributed by atoms with Gasteiger partial charge in [0, 0.05) is 25.7 Å². The van der Waals surface area contributed by atoms with E-state index in [9.17, 15) is 22.9 Å². The van der Waals surface area contributed by atoms with Crippen LogP contribution in [-0.2, 0) is 14.8 Å². The van der Waals surface area contributed by atoms with Gasteiger partial charge in [-0.2, -0.15) is 4.31 Å². The van der Waals surface area contributed by atoms with Gasteiger partial charge in [0.15, 0.2) is 0 Å². The predicted molar refractivity (Wildman–Crippen MR) is 113 cm³/mol. The monoisotopic (exact) mass is 449 g/mol. The fourth-order valence-electron chi connectivity index (χ4n) is 4.41. The van der Waals surface area contributed by atoms with Gasteiger partial charge >= 0.3 is 0 Å². The van der Waals surface area contributed by atoms with Crippen molar-refractivity contribution in [2.75, 3.05) is 37.7 Å². The second-order valence-electron chi connectivity index (χ2n) is 7.88. The second-order valence-corrected chi connectivity index (χ2v) is 9.82. The number of benzene rings is 2. The molecule has 2 aliphatic heterocycles. The van der Waals surface area contributed by atoms with E-state index in [-0.39, 0.29) is 41.4 Å². The Morgan fingerprint density at radius 1 is 1.13 bits per heavy atom. The highest BCUT2D eigenvalue weighted by molar-refractivity contribution is 7.89. The fourth-order valence-corrected chi connectivity index (χ4v) is 5.83. The van der Waals surface area contributed by atoms with Gasteiger partial charge in [-0.15, -0.1) is 0 Å². The van der Waals surface area contributed by atoms with Crippen LogP contribution >= 0.6 is 0 Å². The molecule has 8 nitrogen and oxygen atoms in total. The molecule has 0 spiro atoms. The molecule has 2 aromatic carbocycles. The molecular formula is C21H24FN3O5S. The van der Waals surface area contributed by atoms with Crippen molar-refractivity contribution < 1.29 is 22.5 Å². The van der Waals surface area contributed by atoms with Gasteiger partial charge in [-0.3, -0.25) is 10.1 Å². The standard InChI is InChI=1S/C21H24FN3O5S/c1-15-7-8-24(21(15)16-3-2-4-17(22)13-16)19-6-5-18(14-20(19)25(26)27)31(28,29)23-9-11-30-12-10-23/h2-6,13-15,21H,7-12H2,1H3. The van der Waals surface area contributed by atoms with Crippen LogP contribution in [0, 0.1) is 21.8 Å². The Morgan fingerprint density at radius 3 is 2.55 bits per heavy atom. The van der Waals surface area contributed by atoms with Crippen molar-refractivity contribution in [3.8, 4) is 0 Å². The summed E-state index contributed by atoms with van der Waals surface area (Å²) in [5.74, 6) is -0.212. The third kappa shape index (κ3) is 4.15. The van der Waals surface area contributed by atoms with Crippen LogP contribution in [0.1, 0.15) is 24.9 Å². The van der Waals surface area contributed by atoms with E-state index in [0.29, 0.717) is 25.4 Å². The van der Waals surface area contributed by atoms with Crippen LogP contribution in [0.25, 0.3) is 0 Å². The zero-order valence-corrected chi connectivity index (χ0v) is 17.9. The third-order valence-electron chi connectivity index (χ3n) is 5.95. The van der Waals surface area contributed by atoms with E-state index in [1.165, 1.54) is 28.6 Å². The SMILES string of the molecule is CC1CCN(c2ccc(S(=O)(=O)N3CCOCC3)cc2[N+](=O)[O-])C1c1cccc(F)c1. The smallest absolute Gasteiger partial charge is 0.293 e. The van der Waals surface area contributed by atoms with E-state index in [1.807, 2.05) is 17.9 Å². The first-order valence-electron chi connectivity index (χ1n) is 10.2. The van der Waals surface area contributed by atoms with Crippen LogP contribution in [-0.4, -0.2) is 50.5 Å². The van der Waals surface area contributed by atoms with Crippen molar-refractivity contribution in [2.45, 2.75) is 24.3 Å². The largest absolute Gasteiger partial charge is 0.379 e. The van der Waals surface area contributed by atoms with Gasteiger partial charge in [0.2, 0.25) is 10.0 Å². The maximum absolute atomic E-state index is 13.8. The Bertz CT molecular complexity index is 1090. The number of nitro benzene ring substituents is 1. The normalized spacial score (nSPS) is 22.6. The number of hydrogen-bond donors (Lipinski definition) is 0.